The number of nitrogen functional groups attached to an aromatic ring is 1. The summed E-state index contributed by atoms with van der Waals surface area (Å²) in [4.78, 5) is 11.5. The van der Waals surface area contributed by atoms with Gasteiger partial charge in [-0.2, -0.15) is 0 Å². The van der Waals surface area contributed by atoms with Gasteiger partial charge in [0.1, 0.15) is 0 Å². The monoisotopic (exact) mass is 269 g/mol. The van der Waals surface area contributed by atoms with Crippen LogP contribution in [0.4, 0.5) is 11.4 Å². The highest BCUT2D eigenvalue weighted by Gasteiger charge is 2.03. The summed E-state index contributed by atoms with van der Waals surface area (Å²) in [7, 11) is 0. The Morgan fingerprint density at radius 3 is 2.78 bits per heavy atom. The molecule has 4 N–H and O–H groups in total. The van der Waals surface area contributed by atoms with Crippen LogP contribution in [-0.4, -0.2) is 19.0 Å². The minimum atomic E-state index is 0.0451. The molecule has 0 atom stereocenters. The van der Waals surface area contributed by atoms with Gasteiger partial charge in [0.15, 0.2) is 0 Å². The van der Waals surface area contributed by atoms with Crippen LogP contribution in [-0.2, 0) is 4.79 Å². The van der Waals surface area contributed by atoms with E-state index in [-0.39, 0.29) is 5.91 Å². The third-order valence-electron chi connectivity index (χ3n) is 2.39. The van der Waals surface area contributed by atoms with Gasteiger partial charge in [-0.05, 0) is 24.1 Å². The van der Waals surface area contributed by atoms with Crippen LogP contribution < -0.4 is 16.4 Å². The van der Waals surface area contributed by atoms with Crippen molar-refractivity contribution in [3.05, 3.63) is 23.2 Å². The van der Waals surface area contributed by atoms with Crippen molar-refractivity contribution in [3.63, 3.8) is 0 Å². The Bertz CT molecular complexity index is 407. The normalized spacial score (nSPS) is 10.4. The molecule has 0 unspecified atom stereocenters. The van der Waals surface area contributed by atoms with Gasteiger partial charge >= 0.3 is 0 Å². The number of nitrogens with two attached hydrogens (primary N) is 1. The first-order valence-electron chi connectivity index (χ1n) is 6.04. The Labute approximate surface area is 113 Å². The van der Waals surface area contributed by atoms with Crippen molar-refractivity contribution in [2.45, 2.75) is 20.3 Å². The van der Waals surface area contributed by atoms with Crippen LogP contribution in [0.2, 0.25) is 5.02 Å². The van der Waals surface area contributed by atoms with Crippen molar-refractivity contribution in [3.8, 4) is 0 Å². The average Bonchev–Trinajstić information content (AvgIpc) is 2.29. The van der Waals surface area contributed by atoms with Crippen LogP contribution in [0, 0.1) is 5.92 Å². The second-order valence-electron chi connectivity index (χ2n) is 4.61. The van der Waals surface area contributed by atoms with Crippen LogP contribution in [0.1, 0.15) is 20.3 Å². The highest BCUT2D eigenvalue weighted by atomic mass is 35.5. The molecule has 0 aliphatic carbocycles. The predicted octanol–water partition coefficient (Wildman–Crippen LogP) is 2.50. The minimum absolute atomic E-state index is 0.0451. The van der Waals surface area contributed by atoms with Crippen molar-refractivity contribution in [1.29, 1.82) is 0 Å². The molecule has 100 valence electrons. The molecule has 0 fully saturated rings. The SMILES string of the molecule is CC(C)CNC(=O)CCNc1ccc(Cl)cc1N. The summed E-state index contributed by atoms with van der Waals surface area (Å²) in [6.07, 6.45) is 0.425. The zero-order valence-corrected chi connectivity index (χ0v) is 11.6. The van der Waals surface area contributed by atoms with Crippen LogP contribution in [0.3, 0.4) is 0 Å². The molecular weight excluding hydrogens is 250 g/mol. The molecule has 0 spiro atoms. The van der Waals surface area contributed by atoms with Crippen molar-refractivity contribution in [1.82, 2.24) is 5.32 Å². The second kappa shape index (κ2) is 7.11. The number of benzene rings is 1. The number of nitrogens with one attached hydrogen (secondary N) is 2. The zero-order chi connectivity index (χ0) is 13.5. The summed E-state index contributed by atoms with van der Waals surface area (Å²) < 4.78 is 0. The van der Waals surface area contributed by atoms with E-state index in [4.69, 9.17) is 17.3 Å². The maximum atomic E-state index is 11.5. The lowest BCUT2D eigenvalue weighted by Gasteiger charge is -2.10. The zero-order valence-electron chi connectivity index (χ0n) is 10.8. The molecule has 18 heavy (non-hydrogen) atoms. The number of halogens is 1. The average molecular weight is 270 g/mol. The topological polar surface area (TPSA) is 67.2 Å². The number of rotatable bonds is 6. The van der Waals surface area contributed by atoms with Gasteiger partial charge in [0.05, 0.1) is 11.4 Å². The van der Waals surface area contributed by atoms with Gasteiger partial charge in [0, 0.05) is 24.5 Å². The second-order valence-corrected chi connectivity index (χ2v) is 5.04. The largest absolute Gasteiger partial charge is 0.397 e. The number of hydrogen-bond donors (Lipinski definition) is 3. The molecule has 4 nitrogen and oxygen atoms in total. The first kappa shape index (κ1) is 14.6. The highest BCUT2D eigenvalue weighted by molar-refractivity contribution is 6.31. The van der Waals surface area contributed by atoms with Gasteiger partial charge in [0.2, 0.25) is 5.91 Å². The summed E-state index contributed by atoms with van der Waals surface area (Å²) in [6.45, 7) is 5.39. The van der Waals surface area contributed by atoms with E-state index in [0.29, 0.717) is 36.1 Å². The van der Waals surface area contributed by atoms with Gasteiger partial charge in [-0.25, -0.2) is 0 Å². The van der Waals surface area contributed by atoms with E-state index in [9.17, 15) is 4.79 Å². The van der Waals surface area contributed by atoms with Gasteiger partial charge < -0.3 is 16.4 Å². The van der Waals surface area contributed by atoms with E-state index in [2.05, 4.69) is 24.5 Å². The van der Waals surface area contributed by atoms with E-state index < -0.39 is 0 Å². The number of carbonyl (C=O) groups excluding carboxylic acids is 1. The molecule has 0 aromatic heterocycles. The number of amides is 1. The molecule has 0 saturated heterocycles. The number of carbonyl (C=O) groups is 1. The number of anilines is 2. The molecule has 0 bridgehead atoms. The summed E-state index contributed by atoms with van der Waals surface area (Å²) in [5, 5.41) is 6.58. The van der Waals surface area contributed by atoms with Crippen molar-refractivity contribution < 1.29 is 4.79 Å². The van der Waals surface area contributed by atoms with E-state index in [1.165, 1.54) is 0 Å². The maximum Gasteiger partial charge on any atom is 0.221 e. The highest BCUT2D eigenvalue weighted by Crippen LogP contribution is 2.22. The minimum Gasteiger partial charge on any atom is -0.397 e. The summed E-state index contributed by atoms with van der Waals surface area (Å²) in [5.41, 5.74) is 7.18. The molecule has 0 radical (unpaired) electrons. The molecule has 5 heteroatoms. The Morgan fingerprint density at radius 1 is 1.44 bits per heavy atom. The molecule has 0 heterocycles. The third kappa shape index (κ3) is 5.27. The predicted molar refractivity (Wildman–Crippen MR) is 76.8 cm³/mol. The van der Waals surface area contributed by atoms with Crippen molar-refractivity contribution in [2.24, 2.45) is 5.92 Å². The fraction of sp³-hybridized carbons (Fsp3) is 0.462. The Balaban J connectivity index is 2.31. The van der Waals surface area contributed by atoms with E-state index in [1.807, 2.05) is 6.07 Å². The molecule has 1 rings (SSSR count). The van der Waals surface area contributed by atoms with Gasteiger partial charge in [-0.1, -0.05) is 25.4 Å². The summed E-state index contributed by atoms with van der Waals surface area (Å²) >= 11 is 5.80. The summed E-state index contributed by atoms with van der Waals surface area (Å²) in [5.74, 6) is 0.512. The Kier molecular flexibility index (Phi) is 5.78. The lowest BCUT2D eigenvalue weighted by atomic mass is 10.2. The maximum absolute atomic E-state index is 11.5. The molecule has 1 amide bonds. The molecule has 1 aromatic rings. The molecule has 1 aromatic carbocycles. The van der Waals surface area contributed by atoms with E-state index in [0.717, 1.165) is 5.69 Å². The molecular formula is C13H20ClN3O. The van der Waals surface area contributed by atoms with E-state index >= 15 is 0 Å². The lowest BCUT2D eigenvalue weighted by molar-refractivity contribution is -0.120. The van der Waals surface area contributed by atoms with Gasteiger partial charge in [0.25, 0.3) is 0 Å². The Morgan fingerprint density at radius 2 is 2.17 bits per heavy atom. The smallest absolute Gasteiger partial charge is 0.221 e. The number of hydrogen-bond acceptors (Lipinski definition) is 3. The van der Waals surface area contributed by atoms with Crippen LogP contribution in [0.25, 0.3) is 0 Å². The first-order valence-corrected chi connectivity index (χ1v) is 6.42. The van der Waals surface area contributed by atoms with Gasteiger partial charge in [-0.3, -0.25) is 4.79 Å². The third-order valence-corrected chi connectivity index (χ3v) is 2.62. The quantitative estimate of drug-likeness (QED) is 0.695. The van der Waals surface area contributed by atoms with Gasteiger partial charge in [-0.15, -0.1) is 0 Å². The summed E-state index contributed by atoms with van der Waals surface area (Å²) in [6, 6.07) is 5.26. The molecule has 0 saturated carbocycles. The molecule has 0 aliphatic heterocycles. The van der Waals surface area contributed by atoms with Crippen molar-refractivity contribution >= 4 is 28.9 Å². The van der Waals surface area contributed by atoms with Crippen LogP contribution >= 0.6 is 11.6 Å². The fourth-order valence-corrected chi connectivity index (χ4v) is 1.59. The van der Waals surface area contributed by atoms with Crippen molar-refractivity contribution in [2.75, 3.05) is 24.1 Å². The Hall–Kier alpha value is -1.42. The lowest BCUT2D eigenvalue weighted by Crippen LogP contribution is -2.28. The van der Waals surface area contributed by atoms with Crippen LogP contribution in [0.15, 0.2) is 18.2 Å². The van der Waals surface area contributed by atoms with E-state index in [1.54, 1.807) is 12.1 Å². The van der Waals surface area contributed by atoms with Crippen LogP contribution in [0.5, 0.6) is 0 Å². The fourth-order valence-electron chi connectivity index (χ4n) is 1.41. The molecule has 0 aliphatic rings. The standard InChI is InChI=1S/C13H20ClN3O/c1-9(2)8-17-13(18)5-6-16-12-4-3-10(14)7-11(12)15/h3-4,7,9,16H,5-6,8,15H2,1-2H3,(H,17,18). The first-order chi connectivity index (χ1) is 8.49.